The molecule has 0 spiro atoms. The summed E-state index contributed by atoms with van der Waals surface area (Å²) in [6, 6.07) is 10.4. The number of nitrogens with zero attached hydrogens (tertiary/aromatic N) is 3. The van der Waals surface area contributed by atoms with Gasteiger partial charge >= 0.3 is 0 Å². The van der Waals surface area contributed by atoms with Crippen LogP contribution in [0, 0.1) is 39.4 Å². The maximum atomic E-state index is 12.3. The summed E-state index contributed by atoms with van der Waals surface area (Å²) < 4.78 is 0. The molecule has 0 aliphatic carbocycles. The Balaban J connectivity index is 3.54. The average molecular weight is 281 g/mol. The molecule has 1 aromatic carbocycles. The van der Waals surface area contributed by atoms with Gasteiger partial charge in [-0.25, -0.2) is 0 Å². The monoisotopic (exact) mass is 280 g/mol. The fraction of sp³-hybridized carbons (Fsp3) is 0. The van der Waals surface area contributed by atoms with E-state index in [9.17, 15) is 4.79 Å². The molecule has 0 aromatic heterocycles. The third-order valence-electron chi connectivity index (χ3n) is 2.29. The maximum absolute atomic E-state index is 12.3. The minimum atomic E-state index is -0.712. The van der Waals surface area contributed by atoms with Crippen LogP contribution in [0.2, 0.25) is 5.02 Å². The lowest BCUT2D eigenvalue weighted by Crippen LogP contribution is -2.08. The first-order chi connectivity index (χ1) is 9.58. The number of nitriles is 3. The number of rotatable bonds is 3. The molecule has 0 radical (unpaired) electrons. The van der Waals surface area contributed by atoms with Crippen LogP contribution in [0.4, 0.5) is 0 Å². The van der Waals surface area contributed by atoms with Gasteiger partial charge in [-0.2, -0.15) is 15.8 Å². The summed E-state index contributed by atoms with van der Waals surface area (Å²) in [6.07, 6.45) is 0. The smallest absolute Gasteiger partial charge is 0.197 e. The normalized spacial score (nSPS) is 8.30. The highest BCUT2D eigenvalue weighted by molar-refractivity contribution is 6.30. The van der Waals surface area contributed by atoms with E-state index >= 15 is 0 Å². The molecule has 0 saturated heterocycles. The Morgan fingerprint density at radius 3 is 2.00 bits per heavy atom. The molecule has 0 amide bonds. The maximum Gasteiger partial charge on any atom is 0.197 e. The summed E-state index contributed by atoms with van der Waals surface area (Å²) in [7, 11) is 0. The van der Waals surface area contributed by atoms with Gasteiger partial charge in [0.1, 0.15) is 29.4 Å². The van der Waals surface area contributed by atoms with E-state index in [1.807, 2.05) is 0 Å². The number of benzene rings is 1. The van der Waals surface area contributed by atoms with Gasteiger partial charge < -0.3 is 0 Å². The Bertz CT molecular complexity index is 747. The lowest BCUT2D eigenvalue weighted by atomic mass is 9.94. The molecular formula is C14H5ClN4O. The fourth-order valence-electron chi connectivity index (χ4n) is 1.38. The molecule has 5 nitrogen and oxygen atoms in total. The van der Waals surface area contributed by atoms with Crippen molar-refractivity contribution in [1.29, 1.82) is 21.2 Å². The third-order valence-corrected chi connectivity index (χ3v) is 2.55. The molecule has 0 aliphatic rings. The molecule has 0 saturated carbocycles. The van der Waals surface area contributed by atoms with Crippen LogP contribution >= 0.6 is 11.6 Å². The van der Waals surface area contributed by atoms with Gasteiger partial charge in [-0.3, -0.25) is 10.2 Å². The van der Waals surface area contributed by atoms with E-state index in [1.54, 1.807) is 11.9 Å². The van der Waals surface area contributed by atoms with Gasteiger partial charge in [-0.15, -0.1) is 0 Å². The molecule has 20 heavy (non-hydrogen) atoms. The highest BCUT2D eigenvalue weighted by atomic mass is 35.5. The zero-order valence-corrected chi connectivity index (χ0v) is 10.7. The fourth-order valence-corrected chi connectivity index (χ4v) is 1.51. The second-order valence-electron chi connectivity index (χ2n) is 3.42. The van der Waals surface area contributed by atoms with Crippen molar-refractivity contribution in [2.75, 3.05) is 0 Å². The first-order valence-electron chi connectivity index (χ1n) is 5.14. The third kappa shape index (κ3) is 2.99. The number of hydrogen-bond donors (Lipinski definition) is 1. The number of ketones is 1. The Labute approximate surface area is 119 Å². The van der Waals surface area contributed by atoms with Gasteiger partial charge in [0, 0.05) is 10.6 Å². The Hall–Kier alpha value is -3.16. The number of Topliss-reactive ketones (excluding diaryl/α,β-unsaturated/α-hetero) is 1. The Kier molecular flexibility index (Phi) is 4.98. The second-order valence-corrected chi connectivity index (χ2v) is 3.86. The number of allylic oxidation sites excluding steroid dienone is 3. The zero-order valence-electron chi connectivity index (χ0n) is 9.94. The minimum absolute atomic E-state index is 0.149. The summed E-state index contributed by atoms with van der Waals surface area (Å²) in [5.74, 6) is 1.05. The summed E-state index contributed by atoms with van der Waals surface area (Å²) in [4.78, 5) is 12.3. The summed E-state index contributed by atoms with van der Waals surface area (Å²) in [5, 5.41) is 34.0. The van der Waals surface area contributed by atoms with Gasteiger partial charge in [0.05, 0.1) is 5.57 Å². The number of halogens is 1. The van der Waals surface area contributed by atoms with E-state index in [0.29, 0.717) is 5.02 Å². The molecule has 1 N–H and O–H groups in total. The second kappa shape index (κ2) is 6.69. The van der Waals surface area contributed by atoms with Crippen LogP contribution in [-0.2, 0) is 0 Å². The van der Waals surface area contributed by atoms with Gasteiger partial charge in [0.25, 0.3) is 0 Å². The van der Waals surface area contributed by atoms with Crippen molar-refractivity contribution in [2.24, 2.45) is 0 Å². The zero-order chi connectivity index (χ0) is 15.1. The number of hydrogen-bond acceptors (Lipinski definition) is 5. The molecule has 0 atom stereocenters. The van der Waals surface area contributed by atoms with Crippen molar-refractivity contribution in [3.63, 3.8) is 0 Å². The number of nitrogens with one attached hydrogen (secondary N) is 1. The molecule has 0 bridgehead atoms. The molecule has 0 fully saturated rings. The molecule has 94 valence electrons. The van der Waals surface area contributed by atoms with Crippen LogP contribution in [-0.4, -0.2) is 11.7 Å². The topological polar surface area (TPSA) is 112 Å². The van der Waals surface area contributed by atoms with E-state index in [1.165, 1.54) is 36.4 Å². The van der Waals surface area contributed by atoms with Gasteiger partial charge in [0.2, 0.25) is 0 Å². The Morgan fingerprint density at radius 2 is 1.60 bits per heavy atom. The van der Waals surface area contributed by atoms with Crippen LogP contribution < -0.4 is 0 Å². The first kappa shape index (κ1) is 14.9. The summed E-state index contributed by atoms with van der Waals surface area (Å²) in [5.41, 5.74) is -1.30. The van der Waals surface area contributed by atoms with Gasteiger partial charge in [-0.05, 0) is 30.1 Å². The SMILES string of the molecule is N#CC(=C=N)C(C(=O)c1ccc(Cl)cc1)=C(C#N)C#N. The van der Waals surface area contributed by atoms with E-state index < -0.39 is 22.5 Å². The largest absolute Gasteiger partial charge is 0.288 e. The van der Waals surface area contributed by atoms with Crippen molar-refractivity contribution >= 4 is 23.3 Å². The van der Waals surface area contributed by atoms with Crippen LogP contribution in [0.25, 0.3) is 0 Å². The van der Waals surface area contributed by atoms with Crippen molar-refractivity contribution in [3.8, 4) is 18.2 Å². The van der Waals surface area contributed by atoms with Crippen LogP contribution in [0.1, 0.15) is 10.4 Å². The van der Waals surface area contributed by atoms with Crippen LogP contribution in [0.15, 0.2) is 41.0 Å². The summed E-state index contributed by atoms with van der Waals surface area (Å²) in [6.45, 7) is 0. The van der Waals surface area contributed by atoms with Crippen molar-refractivity contribution in [1.82, 2.24) is 0 Å². The molecular weight excluding hydrogens is 276 g/mol. The first-order valence-corrected chi connectivity index (χ1v) is 5.51. The van der Waals surface area contributed by atoms with E-state index in [0.717, 1.165) is 0 Å². The minimum Gasteiger partial charge on any atom is -0.288 e. The number of carbonyl (C=O) groups excluding carboxylic acids is 1. The average Bonchev–Trinajstić information content (AvgIpc) is 2.48. The van der Waals surface area contributed by atoms with Crippen LogP contribution in [0.3, 0.4) is 0 Å². The molecule has 1 rings (SSSR count). The van der Waals surface area contributed by atoms with Gasteiger partial charge in [-0.1, -0.05) is 11.6 Å². The quantitative estimate of drug-likeness (QED) is 0.301. The molecule has 6 heteroatoms. The standard InChI is InChI=1S/C14H5ClN4O/c15-12-3-1-9(2-4-12)14(20)13(10(5-16)6-17)11(7-18)8-19/h1-4,16H. The van der Waals surface area contributed by atoms with Crippen LogP contribution in [0.5, 0.6) is 0 Å². The lowest BCUT2D eigenvalue weighted by Gasteiger charge is -2.04. The van der Waals surface area contributed by atoms with E-state index in [4.69, 9.17) is 32.8 Å². The highest BCUT2D eigenvalue weighted by Gasteiger charge is 2.22. The van der Waals surface area contributed by atoms with E-state index in [-0.39, 0.29) is 5.56 Å². The van der Waals surface area contributed by atoms with Crippen molar-refractivity contribution < 1.29 is 4.79 Å². The Morgan fingerprint density at radius 1 is 1.05 bits per heavy atom. The molecule has 1 aromatic rings. The molecule has 0 unspecified atom stereocenters. The summed E-state index contributed by atoms with van der Waals surface area (Å²) >= 11 is 5.70. The van der Waals surface area contributed by atoms with Crippen molar-refractivity contribution in [2.45, 2.75) is 0 Å². The predicted molar refractivity (Wildman–Crippen MR) is 70.9 cm³/mol. The lowest BCUT2D eigenvalue weighted by molar-refractivity contribution is 0.103. The highest BCUT2D eigenvalue weighted by Crippen LogP contribution is 2.20. The molecule has 0 aliphatic heterocycles. The molecule has 0 heterocycles. The van der Waals surface area contributed by atoms with Gasteiger partial charge in [0.15, 0.2) is 5.78 Å². The predicted octanol–water partition coefficient (Wildman–Crippen LogP) is 2.56. The number of carbonyl (C=O) groups is 1. The van der Waals surface area contributed by atoms with Crippen molar-refractivity contribution in [3.05, 3.63) is 51.6 Å². The van der Waals surface area contributed by atoms with E-state index in [2.05, 4.69) is 0 Å².